The molecule has 2 amide bonds. The van der Waals surface area contributed by atoms with E-state index in [4.69, 9.17) is 4.84 Å². The van der Waals surface area contributed by atoms with Crippen LogP contribution in [0, 0.1) is 6.92 Å². The van der Waals surface area contributed by atoms with Crippen LogP contribution in [-0.2, 0) is 27.4 Å². The van der Waals surface area contributed by atoms with Crippen molar-refractivity contribution in [2.45, 2.75) is 42.6 Å². The van der Waals surface area contributed by atoms with E-state index in [1.165, 1.54) is 51.4 Å². The zero-order chi connectivity index (χ0) is 29.4. The van der Waals surface area contributed by atoms with Crippen LogP contribution < -0.4 is 10.9 Å². The van der Waals surface area contributed by atoms with Crippen molar-refractivity contribution in [2.24, 2.45) is 0 Å². The second kappa shape index (κ2) is 10.9. The number of nitrogens with one attached hydrogen (secondary N) is 1. The molecule has 1 heterocycles. The minimum Gasteiger partial charge on any atom is -0.348 e. The maximum Gasteiger partial charge on any atom is 0.416 e. The minimum atomic E-state index is -4.69. The first-order chi connectivity index (χ1) is 18.8. The van der Waals surface area contributed by atoms with Gasteiger partial charge in [0.15, 0.2) is 9.84 Å². The molecule has 0 unspecified atom stereocenters. The molecule has 1 aromatic heterocycles. The fourth-order valence-electron chi connectivity index (χ4n) is 4.11. The van der Waals surface area contributed by atoms with Crippen LogP contribution in [-0.4, -0.2) is 49.3 Å². The molecule has 2 aromatic carbocycles. The van der Waals surface area contributed by atoms with Gasteiger partial charge in [-0.05, 0) is 61.7 Å². The standard InChI is InChI=1S/C27H26F3N3O6S/c1-16-22(25(35)32(2)39-3)14-23(26(36)33(16)19-6-4-5-18(13-19)27(28,29)30)24(34)31-15-17-7-9-20(10-8-17)40(37,38)21-11-12-21/h4-10,13-14,21H,11-12,15H2,1-3H3,(H,31,34). The van der Waals surface area contributed by atoms with Crippen LogP contribution >= 0.6 is 0 Å². The lowest BCUT2D eigenvalue weighted by molar-refractivity contribution is -0.137. The van der Waals surface area contributed by atoms with Crippen LogP contribution in [0.15, 0.2) is 64.3 Å². The first kappa shape index (κ1) is 29.0. The summed E-state index contributed by atoms with van der Waals surface area (Å²) in [5.41, 5.74) is -2.21. The molecular formula is C27H26F3N3O6S. The first-order valence-corrected chi connectivity index (χ1v) is 13.7. The van der Waals surface area contributed by atoms with Crippen molar-refractivity contribution in [1.82, 2.24) is 14.9 Å². The van der Waals surface area contributed by atoms with Crippen molar-refractivity contribution in [2.75, 3.05) is 14.2 Å². The molecule has 0 atom stereocenters. The number of alkyl halides is 3. The number of sulfone groups is 1. The molecule has 0 bridgehead atoms. The zero-order valence-corrected chi connectivity index (χ0v) is 22.6. The van der Waals surface area contributed by atoms with Crippen LogP contribution in [0.1, 0.15) is 50.4 Å². The second-order valence-electron chi connectivity index (χ2n) is 9.30. The molecule has 1 aliphatic carbocycles. The average Bonchev–Trinajstić information content (AvgIpc) is 3.77. The van der Waals surface area contributed by atoms with Gasteiger partial charge in [-0.1, -0.05) is 18.2 Å². The molecule has 1 saturated carbocycles. The Morgan fingerprint density at radius 2 is 1.73 bits per heavy atom. The Balaban J connectivity index is 1.70. The largest absolute Gasteiger partial charge is 0.416 e. The Bertz CT molecular complexity index is 1630. The lowest BCUT2D eigenvalue weighted by Gasteiger charge is -2.20. The van der Waals surface area contributed by atoms with Crippen LogP contribution in [0.3, 0.4) is 0 Å². The van der Waals surface area contributed by atoms with E-state index in [1.807, 2.05) is 0 Å². The number of hydroxylamine groups is 2. The van der Waals surface area contributed by atoms with E-state index in [0.29, 0.717) is 18.4 Å². The molecule has 4 rings (SSSR count). The summed E-state index contributed by atoms with van der Waals surface area (Å²) < 4.78 is 65.8. The first-order valence-electron chi connectivity index (χ1n) is 12.1. The van der Waals surface area contributed by atoms with Gasteiger partial charge in [-0.25, -0.2) is 13.5 Å². The number of benzene rings is 2. The van der Waals surface area contributed by atoms with E-state index in [9.17, 15) is 36.0 Å². The molecule has 13 heteroatoms. The van der Waals surface area contributed by atoms with E-state index in [2.05, 4.69) is 5.32 Å². The molecule has 1 aliphatic rings. The Hall–Kier alpha value is -3.97. The number of carbonyl (C=O) groups excluding carboxylic acids is 2. The molecule has 0 saturated heterocycles. The normalized spacial score (nSPS) is 13.7. The van der Waals surface area contributed by atoms with Gasteiger partial charge in [0, 0.05) is 25.0 Å². The molecule has 0 spiro atoms. The minimum absolute atomic E-state index is 0.00207. The lowest BCUT2D eigenvalue weighted by atomic mass is 10.1. The predicted octanol–water partition coefficient (Wildman–Crippen LogP) is 3.66. The van der Waals surface area contributed by atoms with Crippen molar-refractivity contribution >= 4 is 21.7 Å². The predicted molar refractivity (Wildman–Crippen MR) is 139 cm³/mol. The number of pyridine rings is 1. The molecule has 9 nitrogen and oxygen atoms in total. The maximum atomic E-state index is 13.4. The van der Waals surface area contributed by atoms with Gasteiger partial charge in [0.25, 0.3) is 17.4 Å². The van der Waals surface area contributed by atoms with Gasteiger partial charge in [-0.3, -0.25) is 23.8 Å². The molecule has 3 aromatic rings. The SMILES string of the molecule is CON(C)C(=O)c1cc(C(=O)NCc2ccc(S(=O)(=O)C3CC3)cc2)c(=O)n(-c2cccc(C(F)(F)F)c2)c1C. The summed E-state index contributed by atoms with van der Waals surface area (Å²) in [5, 5.41) is 3.04. The van der Waals surface area contributed by atoms with Crippen molar-refractivity contribution in [3.05, 3.63) is 92.9 Å². The summed E-state index contributed by atoms with van der Waals surface area (Å²) in [6, 6.07) is 11.0. The quantitative estimate of drug-likeness (QED) is 0.409. The lowest BCUT2D eigenvalue weighted by Crippen LogP contribution is -2.36. The van der Waals surface area contributed by atoms with Crippen LogP contribution in [0.4, 0.5) is 13.2 Å². The summed E-state index contributed by atoms with van der Waals surface area (Å²) in [6.45, 7) is 1.29. The fraction of sp³-hybridized carbons (Fsp3) is 0.296. The third-order valence-corrected chi connectivity index (χ3v) is 8.86. The molecule has 0 aliphatic heterocycles. The average molecular weight is 578 g/mol. The Labute approximate surface area is 228 Å². The van der Waals surface area contributed by atoms with Gasteiger partial charge < -0.3 is 5.32 Å². The number of rotatable bonds is 8. The highest BCUT2D eigenvalue weighted by atomic mass is 32.2. The van der Waals surface area contributed by atoms with E-state index in [-0.39, 0.29) is 33.6 Å². The van der Waals surface area contributed by atoms with E-state index >= 15 is 0 Å². The summed E-state index contributed by atoms with van der Waals surface area (Å²) in [7, 11) is -0.853. The van der Waals surface area contributed by atoms with Crippen molar-refractivity contribution in [3.63, 3.8) is 0 Å². The molecule has 0 radical (unpaired) electrons. The number of nitrogens with zero attached hydrogens (tertiary/aromatic N) is 2. The number of hydrogen-bond donors (Lipinski definition) is 1. The van der Waals surface area contributed by atoms with Gasteiger partial charge >= 0.3 is 6.18 Å². The van der Waals surface area contributed by atoms with E-state index in [1.54, 1.807) is 0 Å². The van der Waals surface area contributed by atoms with Gasteiger partial charge in [0.2, 0.25) is 0 Å². The highest BCUT2D eigenvalue weighted by molar-refractivity contribution is 7.92. The van der Waals surface area contributed by atoms with Crippen LogP contribution in [0.2, 0.25) is 0 Å². The topological polar surface area (TPSA) is 115 Å². The third-order valence-electron chi connectivity index (χ3n) is 6.58. The van der Waals surface area contributed by atoms with E-state index < -0.39 is 44.5 Å². The molecule has 1 fully saturated rings. The monoisotopic (exact) mass is 577 g/mol. The molecule has 40 heavy (non-hydrogen) atoms. The summed E-state index contributed by atoms with van der Waals surface area (Å²) >= 11 is 0. The van der Waals surface area contributed by atoms with Gasteiger partial charge in [-0.15, -0.1) is 0 Å². The number of carbonyl (C=O) groups is 2. The summed E-state index contributed by atoms with van der Waals surface area (Å²) in [5.74, 6) is -1.61. The fourth-order valence-corrected chi connectivity index (χ4v) is 5.77. The van der Waals surface area contributed by atoms with Crippen molar-refractivity contribution < 1.29 is 36.0 Å². The molecule has 212 valence electrons. The van der Waals surface area contributed by atoms with Gasteiger partial charge in [0.05, 0.1) is 28.4 Å². The maximum absolute atomic E-state index is 13.4. The zero-order valence-electron chi connectivity index (χ0n) is 21.8. The van der Waals surface area contributed by atoms with Crippen molar-refractivity contribution in [1.29, 1.82) is 0 Å². The Kier molecular flexibility index (Phi) is 7.90. The highest BCUT2D eigenvalue weighted by Crippen LogP contribution is 2.33. The van der Waals surface area contributed by atoms with Gasteiger partial charge in [0.1, 0.15) is 5.56 Å². The smallest absolute Gasteiger partial charge is 0.348 e. The molecular weight excluding hydrogens is 551 g/mol. The second-order valence-corrected chi connectivity index (χ2v) is 11.5. The summed E-state index contributed by atoms with van der Waals surface area (Å²) in [6.07, 6.45) is -3.44. The number of hydrogen-bond acceptors (Lipinski definition) is 6. The van der Waals surface area contributed by atoms with E-state index in [0.717, 1.165) is 33.9 Å². The third kappa shape index (κ3) is 5.80. The Morgan fingerprint density at radius 1 is 1.07 bits per heavy atom. The number of amides is 2. The Morgan fingerprint density at radius 3 is 2.30 bits per heavy atom. The number of halogens is 3. The van der Waals surface area contributed by atoms with Crippen molar-refractivity contribution in [3.8, 4) is 5.69 Å². The number of aromatic nitrogens is 1. The highest BCUT2D eigenvalue weighted by Gasteiger charge is 2.36. The van der Waals surface area contributed by atoms with Gasteiger partial charge in [-0.2, -0.15) is 13.2 Å². The van der Waals surface area contributed by atoms with Crippen LogP contribution in [0.25, 0.3) is 5.69 Å². The van der Waals surface area contributed by atoms with Crippen LogP contribution in [0.5, 0.6) is 0 Å². The summed E-state index contributed by atoms with van der Waals surface area (Å²) in [4.78, 5) is 44.6. The molecule has 1 N–H and O–H groups in total.